The summed E-state index contributed by atoms with van der Waals surface area (Å²) in [6, 6.07) is 6.42. The number of carbonyl (C=O) groups is 2. The summed E-state index contributed by atoms with van der Waals surface area (Å²) in [5.41, 5.74) is 1.38. The van der Waals surface area contributed by atoms with Gasteiger partial charge in [-0.3, -0.25) is 4.79 Å². The van der Waals surface area contributed by atoms with E-state index < -0.39 is 18.5 Å². The molecule has 2 N–H and O–H groups in total. The third-order valence-corrected chi connectivity index (χ3v) is 2.60. The molecule has 0 atom stereocenters. The number of carboxylic acids is 1. The molecule has 0 bridgehead atoms. The largest absolute Gasteiger partial charge is 0.480 e. The Balaban J connectivity index is 2.25. The molecule has 0 aromatic heterocycles. The van der Waals surface area contributed by atoms with E-state index in [2.05, 4.69) is 10.4 Å². The topological polar surface area (TPSA) is 82.0 Å². The van der Waals surface area contributed by atoms with Crippen LogP contribution in [-0.2, 0) is 4.79 Å². The van der Waals surface area contributed by atoms with Gasteiger partial charge in [-0.25, -0.2) is 9.80 Å². The van der Waals surface area contributed by atoms with Crippen molar-refractivity contribution >= 4 is 29.3 Å². The minimum Gasteiger partial charge on any atom is -0.480 e. The van der Waals surface area contributed by atoms with Gasteiger partial charge in [0.15, 0.2) is 0 Å². The number of halogens is 1. The summed E-state index contributed by atoms with van der Waals surface area (Å²) in [5, 5.41) is 16.7. The Labute approximate surface area is 108 Å². The van der Waals surface area contributed by atoms with E-state index >= 15 is 0 Å². The van der Waals surface area contributed by atoms with E-state index in [-0.39, 0.29) is 6.54 Å². The van der Waals surface area contributed by atoms with E-state index in [9.17, 15) is 9.59 Å². The molecule has 7 heteroatoms. The van der Waals surface area contributed by atoms with Crippen molar-refractivity contribution in [3.63, 3.8) is 0 Å². The maximum atomic E-state index is 11.4. The molecule has 1 aromatic rings. The average Bonchev–Trinajstić information content (AvgIpc) is 2.32. The lowest BCUT2D eigenvalue weighted by Gasteiger charge is -2.23. The SMILES string of the molecule is O=C(O)CN1N=C(c2ccc(Cl)cc2)CNC1=O. The van der Waals surface area contributed by atoms with E-state index in [4.69, 9.17) is 16.7 Å². The van der Waals surface area contributed by atoms with Gasteiger partial charge in [-0.2, -0.15) is 5.10 Å². The zero-order chi connectivity index (χ0) is 13.1. The van der Waals surface area contributed by atoms with Crippen molar-refractivity contribution in [2.24, 2.45) is 5.10 Å². The van der Waals surface area contributed by atoms with Gasteiger partial charge in [-0.15, -0.1) is 0 Å². The highest BCUT2D eigenvalue weighted by molar-refractivity contribution is 6.30. The Morgan fingerprint density at radius 1 is 1.44 bits per heavy atom. The quantitative estimate of drug-likeness (QED) is 0.862. The Bertz CT molecular complexity index is 513. The molecule has 0 fully saturated rings. The first-order chi connectivity index (χ1) is 8.56. The molecule has 0 aliphatic carbocycles. The number of hydrogen-bond donors (Lipinski definition) is 2. The van der Waals surface area contributed by atoms with Crippen molar-refractivity contribution in [2.75, 3.05) is 13.1 Å². The van der Waals surface area contributed by atoms with Crippen molar-refractivity contribution in [2.45, 2.75) is 0 Å². The van der Waals surface area contributed by atoms with Crippen LogP contribution in [0.4, 0.5) is 4.79 Å². The Kier molecular flexibility index (Phi) is 3.47. The molecule has 2 amide bonds. The summed E-state index contributed by atoms with van der Waals surface area (Å²) in [6.45, 7) is -0.209. The molecular formula is C11H10ClN3O3. The summed E-state index contributed by atoms with van der Waals surface area (Å²) in [5.74, 6) is -1.12. The number of nitrogens with zero attached hydrogens (tertiary/aromatic N) is 2. The van der Waals surface area contributed by atoms with Gasteiger partial charge in [0.1, 0.15) is 6.54 Å². The van der Waals surface area contributed by atoms with Crippen LogP contribution in [0.15, 0.2) is 29.4 Å². The Morgan fingerprint density at radius 3 is 2.72 bits per heavy atom. The second-order valence-electron chi connectivity index (χ2n) is 3.66. The van der Waals surface area contributed by atoms with Crippen LogP contribution in [0.5, 0.6) is 0 Å². The summed E-state index contributed by atoms with van der Waals surface area (Å²) in [4.78, 5) is 22.0. The first-order valence-electron chi connectivity index (χ1n) is 5.17. The third kappa shape index (κ3) is 2.78. The number of aliphatic carboxylic acids is 1. The second kappa shape index (κ2) is 5.05. The number of nitrogens with one attached hydrogen (secondary N) is 1. The molecule has 18 heavy (non-hydrogen) atoms. The molecule has 1 aliphatic rings. The van der Waals surface area contributed by atoms with Gasteiger partial charge < -0.3 is 10.4 Å². The monoisotopic (exact) mass is 267 g/mol. The fourth-order valence-corrected chi connectivity index (χ4v) is 1.64. The molecule has 1 heterocycles. The number of hydrogen-bond acceptors (Lipinski definition) is 3. The number of rotatable bonds is 3. The third-order valence-electron chi connectivity index (χ3n) is 2.35. The number of amides is 2. The molecule has 0 radical (unpaired) electrons. The highest BCUT2D eigenvalue weighted by Crippen LogP contribution is 2.12. The van der Waals surface area contributed by atoms with Crippen LogP contribution in [0.1, 0.15) is 5.56 Å². The molecule has 94 valence electrons. The zero-order valence-corrected chi connectivity index (χ0v) is 10.0. The van der Waals surface area contributed by atoms with Gasteiger partial charge in [0.05, 0.1) is 12.3 Å². The summed E-state index contributed by atoms with van der Waals surface area (Å²) in [7, 11) is 0. The average molecular weight is 268 g/mol. The molecule has 0 saturated carbocycles. The first-order valence-corrected chi connectivity index (χ1v) is 5.54. The van der Waals surface area contributed by atoms with Gasteiger partial charge in [0.25, 0.3) is 0 Å². The van der Waals surface area contributed by atoms with Gasteiger partial charge >= 0.3 is 12.0 Å². The lowest BCUT2D eigenvalue weighted by Crippen LogP contribution is -2.46. The number of hydrazone groups is 1. The molecule has 0 unspecified atom stereocenters. The van der Waals surface area contributed by atoms with E-state index in [1.807, 2.05) is 0 Å². The lowest BCUT2D eigenvalue weighted by atomic mass is 10.1. The minimum atomic E-state index is -1.12. The van der Waals surface area contributed by atoms with Crippen molar-refractivity contribution in [1.29, 1.82) is 0 Å². The number of carbonyl (C=O) groups excluding carboxylic acids is 1. The van der Waals surface area contributed by atoms with Crippen LogP contribution in [0.25, 0.3) is 0 Å². The van der Waals surface area contributed by atoms with E-state index in [0.717, 1.165) is 10.6 Å². The van der Waals surface area contributed by atoms with Gasteiger partial charge in [-0.1, -0.05) is 23.7 Å². The van der Waals surface area contributed by atoms with Crippen LogP contribution in [0, 0.1) is 0 Å². The van der Waals surface area contributed by atoms with Crippen molar-refractivity contribution < 1.29 is 14.7 Å². The fourth-order valence-electron chi connectivity index (χ4n) is 1.51. The van der Waals surface area contributed by atoms with Crippen LogP contribution >= 0.6 is 11.6 Å². The lowest BCUT2D eigenvalue weighted by molar-refractivity contribution is -0.137. The Morgan fingerprint density at radius 2 is 2.11 bits per heavy atom. The standard InChI is InChI=1S/C11H10ClN3O3/c12-8-3-1-7(2-4-8)9-5-13-11(18)15(14-9)6-10(16)17/h1-4H,5-6H2,(H,13,18)(H,16,17). The molecular weight excluding hydrogens is 258 g/mol. The zero-order valence-electron chi connectivity index (χ0n) is 9.26. The van der Waals surface area contributed by atoms with Gasteiger partial charge in [0.2, 0.25) is 0 Å². The normalized spacial score (nSPS) is 15.1. The van der Waals surface area contributed by atoms with E-state index in [1.54, 1.807) is 24.3 Å². The molecule has 1 aliphatic heterocycles. The van der Waals surface area contributed by atoms with Gasteiger partial charge in [0, 0.05) is 5.02 Å². The van der Waals surface area contributed by atoms with Gasteiger partial charge in [-0.05, 0) is 17.7 Å². The highest BCUT2D eigenvalue weighted by atomic mass is 35.5. The predicted octanol–water partition coefficient (Wildman–Crippen LogP) is 1.15. The van der Waals surface area contributed by atoms with Crippen LogP contribution in [-0.4, -0.2) is 40.9 Å². The molecule has 0 saturated heterocycles. The van der Waals surface area contributed by atoms with Crippen molar-refractivity contribution in [3.8, 4) is 0 Å². The van der Waals surface area contributed by atoms with Crippen molar-refractivity contribution in [3.05, 3.63) is 34.9 Å². The molecule has 6 nitrogen and oxygen atoms in total. The maximum absolute atomic E-state index is 11.4. The number of carboxylic acid groups (broad SMARTS) is 1. The highest BCUT2D eigenvalue weighted by Gasteiger charge is 2.22. The van der Waals surface area contributed by atoms with E-state index in [1.165, 1.54) is 0 Å². The number of benzene rings is 1. The first kappa shape index (κ1) is 12.4. The maximum Gasteiger partial charge on any atom is 0.338 e. The van der Waals surface area contributed by atoms with Crippen LogP contribution in [0.3, 0.4) is 0 Å². The van der Waals surface area contributed by atoms with Crippen LogP contribution < -0.4 is 5.32 Å². The fraction of sp³-hybridized carbons (Fsp3) is 0.182. The predicted molar refractivity (Wildman–Crippen MR) is 65.7 cm³/mol. The summed E-state index contributed by atoms with van der Waals surface area (Å²) < 4.78 is 0. The second-order valence-corrected chi connectivity index (χ2v) is 4.10. The minimum absolute atomic E-state index is 0.261. The summed E-state index contributed by atoms with van der Waals surface area (Å²) in [6.07, 6.45) is 0. The smallest absolute Gasteiger partial charge is 0.338 e. The molecule has 2 rings (SSSR count). The van der Waals surface area contributed by atoms with E-state index in [0.29, 0.717) is 10.7 Å². The van der Waals surface area contributed by atoms with Crippen LogP contribution in [0.2, 0.25) is 5.02 Å². The van der Waals surface area contributed by atoms with Crippen molar-refractivity contribution in [1.82, 2.24) is 10.3 Å². The summed E-state index contributed by atoms with van der Waals surface area (Å²) >= 11 is 5.77. The Hall–Kier alpha value is -2.08. The molecule has 1 aromatic carbocycles. The number of urea groups is 1. The molecule has 0 spiro atoms.